The number of aliphatic hydroxyl groups excluding tert-OH is 1. The van der Waals surface area contributed by atoms with Crippen LogP contribution >= 0.6 is 15.9 Å². The van der Waals surface area contributed by atoms with Crippen LogP contribution in [0.4, 0.5) is 5.69 Å². The van der Waals surface area contributed by atoms with Gasteiger partial charge >= 0.3 is 0 Å². The maximum absolute atomic E-state index is 9.30. The Kier molecular flexibility index (Phi) is 3.75. The van der Waals surface area contributed by atoms with Crippen molar-refractivity contribution in [3.63, 3.8) is 0 Å². The molecule has 0 aliphatic rings. The molecule has 0 saturated carbocycles. The molecule has 0 amide bonds. The molecule has 0 aromatic heterocycles. The predicted octanol–water partition coefficient (Wildman–Crippen LogP) is 2.63. The summed E-state index contributed by atoms with van der Waals surface area (Å²) in [6.45, 7) is 3.72. The molecular formula is C10H14BrNO. The lowest BCUT2D eigenvalue weighted by Gasteiger charge is -2.18. The molecule has 13 heavy (non-hydrogen) atoms. The van der Waals surface area contributed by atoms with E-state index in [1.807, 2.05) is 31.2 Å². The van der Waals surface area contributed by atoms with Crippen LogP contribution in [0.1, 0.15) is 13.8 Å². The summed E-state index contributed by atoms with van der Waals surface area (Å²) < 4.78 is 1.02. The van der Waals surface area contributed by atoms with Crippen molar-refractivity contribution in [1.82, 2.24) is 0 Å². The molecule has 2 nitrogen and oxygen atoms in total. The third-order valence-electron chi connectivity index (χ3n) is 1.98. The summed E-state index contributed by atoms with van der Waals surface area (Å²) in [7, 11) is 0. The van der Waals surface area contributed by atoms with Crippen molar-refractivity contribution in [2.24, 2.45) is 0 Å². The van der Waals surface area contributed by atoms with Gasteiger partial charge in [-0.3, -0.25) is 0 Å². The summed E-state index contributed by atoms with van der Waals surface area (Å²) in [5.41, 5.74) is 1.01. The van der Waals surface area contributed by atoms with Crippen LogP contribution in [0.5, 0.6) is 0 Å². The van der Waals surface area contributed by atoms with E-state index in [9.17, 15) is 5.11 Å². The number of hydrogen-bond donors (Lipinski definition) is 2. The highest BCUT2D eigenvalue weighted by molar-refractivity contribution is 9.10. The Morgan fingerprint density at radius 2 is 1.92 bits per heavy atom. The average Bonchev–Trinajstić information content (AvgIpc) is 2.08. The summed E-state index contributed by atoms with van der Waals surface area (Å²) >= 11 is 3.43. The minimum Gasteiger partial charge on any atom is -0.391 e. The second-order valence-electron chi connectivity index (χ2n) is 3.15. The lowest BCUT2D eigenvalue weighted by atomic mass is 10.2. The van der Waals surface area contributed by atoms with E-state index in [4.69, 9.17) is 0 Å². The van der Waals surface area contributed by atoms with Gasteiger partial charge in [-0.2, -0.15) is 0 Å². The van der Waals surface area contributed by atoms with Gasteiger partial charge < -0.3 is 10.4 Å². The summed E-state index contributed by atoms with van der Waals surface area (Å²) in [6, 6.07) is 7.92. The summed E-state index contributed by atoms with van der Waals surface area (Å²) in [5, 5.41) is 12.5. The first-order chi connectivity index (χ1) is 6.11. The zero-order valence-corrected chi connectivity index (χ0v) is 9.38. The molecule has 3 heteroatoms. The molecule has 0 radical (unpaired) electrons. The smallest absolute Gasteiger partial charge is 0.0710 e. The van der Waals surface area contributed by atoms with Crippen LogP contribution in [-0.4, -0.2) is 17.3 Å². The molecule has 72 valence electrons. The first kappa shape index (κ1) is 10.5. The van der Waals surface area contributed by atoms with Crippen molar-refractivity contribution in [1.29, 1.82) is 0 Å². The molecule has 1 rings (SSSR count). The SMILES string of the molecule is CC(O)C(C)Nc1ccccc1Br. The first-order valence-electron chi connectivity index (χ1n) is 4.30. The predicted molar refractivity (Wildman–Crippen MR) is 58.9 cm³/mol. The topological polar surface area (TPSA) is 32.3 Å². The number of aliphatic hydroxyl groups is 1. The van der Waals surface area contributed by atoms with Gasteiger partial charge in [0, 0.05) is 16.2 Å². The van der Waals surface area contributed by atoms with Crippen LogP contribution in [0.25, 0.3) is 0 Å². The molecule has 0 saturated heterocycles. The second kappa shape index (κ2) is 4.63. The fourth-order valence-corrected chi connectivity index (χ4v) is 1.34. The van der Waals surface area contributed by atoms with E-state index in [0.717, 1.165) is 10.2 Å². The molecule has 1 aromatic carbocycles. The third-order valence-corrected chi connectivity index (χ3v) is 2.67. The zero-order valence-electron chi connectivity index (χ0n) is 7.79. The maximum atomic E-state index is 9.30. The van der Waals surface area contributed by atoms with Crippen LogP contribution < -0.4 is 5.32 Å². The number of halogens is 1. The van der Waals surface area contributed by atoms with Gasteiger partial charge in [-0.15, -0.1) is 0 Å². The number of rotatable bonds is 3. The van der Waals surface area contributed by atoms with Crippen molar-refractivity contribution in [2.75, 3.05) is 5.32 Å². The Bertz CT molecular complexity index is 275. The summed E-state index contributed by atoms with van der Waals surface area (Å²) in [6.07, 6.45) is -0.355. The van der Waals surface area contributed by atoms with E-state index < -0.39 is 0 Å². The number of hydrogen-bond acceptors (Lipinski definition) is 2. The van der Waals surface area contributed by atoms with Gasteiger partial charge in [0.15, 0.2) is 0 Å². The molecular weight excluding hydrogens is 230 g/mol. The van der Waals surface area contributed by atoms with E-state index in [0.29, 0.717) is 0 Å². The highest BCUT2D eigenvalue weighted by atomic mass is 79.9. The number of benzene rings is 1. The molecule has 0 bridgehead atoms. The summed E-state index contributed by atoms with van der Waals surface area (Å²) in [4.78, 5) is 0. The van der Waals surface area contributed by atoms with Crippen LogP contribution in [0.2, 0.25) is 0 Å². The van der Waals surface area contributed by atoms with Crippen molar-refractivity contribution < 1.29 is 5.11 Å². The molecule has 1 aromatic rings. The van der Waals surface area contributed by atoms with Crippen molar-refractivity contribution in [3.05, 3.63) is 28.7 Å². The highest BCUT2D eigenvalue weighted by Crippen LogP contribution is 2.22. The van der Waals surface area contributed by atoms with Crippen LogP contribution in [0.3, 0.4) is 0 Å². The standard InChI is InChI=1S/C10H14BrNO/c1-7(8(2)13)12-10-6-4-3-5-9(10)11/h3-8,12-13H,1-2H3. The fourth-order valence-electron chi connectivity index (χ4n) is 0.944. The van der Waals surface area contributed by atoms with Crippen molar-refractivity contribution in [3.8, 4) is 0 Å². The van der Waals surface area contributed by atoms with Crippen molar-refractivity contribution in [2.45, 2.75) is 26.0 Å². The Hall–Kier alpha value is -0.540. The molecule has 0 aliphatic heterocycles. The highest BCUT2D eigenvalue weighted by Gasteiger charge is 2.08. The molecule has 2 N–H and O–H groups in total. The minimum atomic E-state index is -0.355. The van der Waals surface area contributed by atoms with Crippen LogP contribution in [0.15, 0.2) is 28.7 Å². The van der Waals surface area contributed by atoms with Gasteiger partial charge in [0.2, 0.25) is 0 Å². The van der Waals surface area contributed by atoms with Gasteiger partial charge in [0.1, 0.15) is 0 Å². The quantitative estimate of drug-likeness (QED) is 0.856. The second-order valence-corrected chi connectivity index (χ2v) is 4.01. The van der Waals surface area contributed by atoms with Crippen LogP contribution in [0, 0.1) is 0 Å². The monoisotopic (exact) mass is 243 g/mol. The number of para-hydroxylation sites is 1. The van der Waals surface area contributed by atoms with Crippen LogP contribution in [-0.2, 0) is 0 Å². The van der Waals surface area contributed by atoms with E-state index >= 15 is 0 Å². The van der Waals surface area contributed by atoms with E-state index in [1.54, 1.807) is 6.92 Å². The average molecular weight is 244 g/mol. The lowest BCUT2D eigenvalue weighted by Crippen LogP contribution is -2.27. The fraction of sp³-hybridized carbons (Fsp3) is 0.400. The number of nitrogens with one attached hydrogen (secondary N) is 1. The number of anilines is 1. The van der Waals surface area contributed by atoms with Gasteiger partial charge in [-0.1, -0.05) is 12.1 Å². The molecule has 0 aliphatic carbocycles. The molecule has 0 spiro atoms. The van der Waals surface area contributed by atoms with Gasteiger partial charge in [0.25, 0.3) is 0 Å². The Balaban J connectivity index is 2.69. The Morgan fingerprint density at radius 1 is 1.31 bits per heavy atom. The third kappa shape index (κ3) is 3.01. The lowest BCUT2D eigenvalue weighted by molar-refractivity contribution is 0.178. The summed E-state index contributed by atoms with van der Waals surface area (Å²) in [5.74, 6) is 0. The Morgan fingerprint density at radius 3 is 2.46 bits per heavy atom. The minimum absolute atomic E-state index is 0.0544. The van der Waals surface area contributed by atoms with Crippen molar-refractivity contribution >= 4 is 21.6 Å². The largest absolute Gasteiger partial charge is 0.391 e. The first-order valence-corrected chi connectivity index (χ1v) is 5.09. The maximum Gasteiger partial charge on any atom is 0.0710 e. The molecule has 2 atom stereocenters. The normalized spacial score (nSPS) is 15.1. The van der Waals surface area contributed by atoms with Gasteiger partial charge in [-0.25, -0.2) is 0 Å². The van der Waals surface area contributed by atoms with E-state index in [2.05, 4.69) is 21.2 Å². The molecule has 0 heterocycles. The zero-order chi connectivity index (χ0) is 9.84. The molecule has 0 fully saturated rings. The van der Waals surface area contributed by atoms with E-state index in [1.165, 1.54) is 0 Å². The van der Waals surface area contributed by atoms with Gasteiger partial charge in [0.05, 0.1) is 6.10 Å². The van der Waals surface area contributed by atoms with E-state index in [-0.39, 0.29) is 12.1 Å². The Labute approximate surface area is 87.1 Å². The van der Waals surface area contributed by atoms with Gasteiger partial charge in [-0.05, 0) is 41.9 Å². The molecule has 2 unspecified atom stereocenters.